The van der Waals surface area contributed by atoms with Gasteiger partial charge in [-0.2, -0.15) is 9.10 Å². The van der Waals surface area contributed by atoms with Crippen LogP contribution >= 0.6 is 0 Å². The first-order chi connectivity index (χ1) is 32.9. The normalized spacial score (nSPS) is 11.9. The first-order valence-corrected chi connectivity index (χ1v) is 24.8. The molecule has 7 aromatic rings. The van der Waals surface area contributed by atoms with Crippen molar-refractivity contribution in [2.24, 2.45) is 0 Å². The summed E-state index contributed by atoms with van der Waals surface area (Å²) in [7, 11) is -5.01. The second kappa shape index (κ2) is 20.9. The molecule has 0 saturated heterocycles. The number of aromatic nitrogens is 5. The largest absolute Gasteiger partial charge is 0.497 e. The second-order valence-corrected chi connectivity index (χ2v) is 20.6. The average molecular weight is 980 g/mol. The Morgan fingerprint density at radius 2 is 1.33 bits per heavy atom. The SMILES string of the molecule is CCOC(=O)c1cc2cccc(-c3ccc(S(=O)(=O)CCNC(=O)OC(C)(C)C)c(S(=O)(=O)N(Cc4ccc(OC)cc4)Cc4ccc(OC)cc4)c3-c3nnn(Cc4ccc(OC)cc4)n3)c2[nH]1. The van der Waals surface area contributed by atoms with Gasteiger partial charge in [0.25, 0.3) is 0 Å². The minimum absolute atomic E-state index is 0.0961. The number of nitrogens with zero attached hydrogens (tertiary/aromatic N) is 5. The number of rotatable bonds is 19. The molecule has 0 aliphatic heterocycles. The van der Waals surface area contributed by atoms with Gasteiger partial charge in [0.2, 0.25) is 15.8 Å². The van der Waals surface area contributed by atoms with Gasteiger partial charge in [-0.05, 0) is 104 Å². The van der Waals surface area contributed by atoms with Crippen LogP contribution in [0.25, 0.3) is 33.4 Å². The number of hydrogen-bond donors (Lipinski definition) is 2. The Labute approximate surface area is 400 Å². The lowest BCUT2D eigenvalue weighted by atomic mass is 9.97. The van der Waals surface area contributed by atoms with Crippen molar-refractivity contribution in [2.75, 3.05) is 40.2 Å². The molecule has 2 N–H and O–H groups in total. The second-order valence-electron chi connectivity index (χ2n) is 16.7. The molecule has 0 spiro atoms. The molecule has 362 valence electrons. The van der Waals surface area contributed by atoms with Gasteiger partial charge in [0.15, 0.2) is 9.84 Å². The fourth-order valence-corrected chi connectivity index (χ4v) is 11.1. The molecule has 20 heteroatoms. The van der Waals surface area contributed by atoms with Crippen LogP contribution in [-0.4, -0.2) is 104 Å². The summed E-state index contributed by atoms with van der Waals surface area (Å²) in [6.45, 7) is 6.02. The van der Waals surface area contributed by atoms with E-state index >= 15 is 8.42 Å². The first-order valence-electron chi connectivity index (χ1n) is 21.8. The Bertz CT molecular complexity index is 3120. The zero-order valence-electron chi connectivity index (χ0n) is 39.2. The summed E-state index contributed by atoms with van der Waals surface area (Å²) in [5.74, 6) is 0.157. The van der Waals surface area contributed by atoms with Gasteiger partial charge >= 0.3 is 12.1 Å². The van der Waals surface area contributed by atoms with E-state index in [1.807, 2.05) is 12.1 Å². The molecular formula is C49H53N7O11S2. The van der Waals surface area contributed by atoms with Gasteiger partial charge in [-0.1, -0.05) is 60.7 Å². The highest BCUT2D eigenvalue weighted by Crippen LogP contribution is 2.43. The lowest BCUT2D eigenvalue weighted by Gasteiger charge is -2.26. The summed E-state index contributed by atoms with van der Waals surface area (Å²) >= 11 is 0. The Morgan fingerprint density at radius 3 is 1.88 bits per heavy atom. The number of para-hydroxylation sites is 1. The van der Waals surface area contributed by atoms with Crippen LogP contribution < -0.4 is 19.5 Å². The zero-order valence-corrected chi connectivity index (χ0v) is 40.8. The van der Waals surface area contributed by atoms with Crippen LogP contribution in [0.5, 0.6) is 17.2 Å². The number of nitrogens with one attached hydrogen (secondary N) is 2. The van der Waals surface area contributed by atoms with Gasteiger partial charge in [0, 0.05) is 30.6 Å². The van der Waals surface area contributed by atoms with E-state index in [4.69, 9.17) is 28.8 Å². The van der Waals surface area contributed by atoms with Gasteiger partial charge in [-0.25, -0.2) is 26.4 Å². The fourth-order valence-electron chi connectivity index (χ4n) is 7.45. The topological polar surface area (TPSA) is 223 Å². The third-order valence-electron chi connectivity index (χ3n) is 10.7. The smallest absolute Gasteiger partial charge is 0.407 e. The monoisotopic (exact) mass is 979 g/mol. The van der Waals surface area contributed by atoms with Gasteiger partial charge in [0.05, 0.1) is 56.2 Å². The Morgan fingerprint density at radius 1 is 0.754 bits per heavy atom. The maximum Gasteiger partial charge on any atom is 0.407 e. The number of tetrazole rings is 1. The number of hydrogen-bond acceptors (Lipinski definition) is 14. The molecule has 0 atom stereocenters. The van der Waals surface area contributed by atoms with E-state index in [-0.39, 0.29) is 48.9 Å². The predicted octanol–water partition coefficient (Wildman–Crippen LogP) is 7.43. The standard InChI is InChI=1S/C49H53N7O11S2/c1-8-66-47(57)41-28-35-10-9-11-40(44(35)51-41)39-24-25-42(68(59,60)27-26-50-48(58)67-49(2,3)4)45(43(39)46-52-54-56(53-46)31-34-16-22-38(65-7)23-17-34)69(61,62)55(29-32-12-18-36(63-5)19-13-32)30-33-14-20-37(64-6)21-15-33/h9-25,28,51H,8,26-27,29-31H2,1-7H3,(H,50,58). The lowest BCUT2D eigenvalue weighted by Crippen LogP contribution is -2.35. The van der Waals surface area contributed by atoms with Gasteiger partial charge in [-0.3, -0.25) is 0 Å². The van der Waals surface area contributed by atoms with Crippen molar-refractivity contribution in [2.45, 2.75) is 62.7 Å². The Balaban J connectivity index is 1.50. The molecule has 2 aromatic heterocycles. The number of sulfone groups is 1. The number of amides is 1. The quantitative estimate of drug-likeness (QED) is 0.0753. The van der Waals surface area contributed by atoms with Crippen LogP contribution in [0.4, 0.5) is 4.79 Å². The van der Waals surface area contributed by atoms with Crippen LogP contribution in [-0.2, 0) is 49.0 Å². The number of benzene rings is 5. The summed E-state index contributed by atoms with van der Waals surface area (Å²) in [5.41, 5.74) is 1.95. The van der Waals surface area contributed by atoms with E-state index in [1.165, 1.54) is 35.5 Å². The van der Waals surface area contributed by atoms with Crippen molar-refractivity contribution in [3.05, 3.63) is 132 Å². The molecule has 0 saturated carbocycles. The molecule has 1 amide bonds. The number of alkyl carbamates (subject to hydrolysis) is 1. The average Bonchev–Trinajstić information content (AvgIpc) is 3.99. The number of carbonyl (C=O) groups excluding carboxylic acids is 2. The lowest BCUT2D eigenvalue weighted by molar-refractivity contribution is 0.0514. The van der Waals surface area contributed by atoms with Crippen molar-refractivity contribution < 1.29 is 50.1 Å². The Hall–Kier alpha value is -7.29. The summed E-state index contributed by atoms with van der Waals surface area (Å²) < 4.78 is 89.9. The highest BCUT2D eigenvalue weighted by atomic mass is 32.2. The van der Waals surface area contributed by atoms with Crippen LogP contribution in [0.1, 0.15) is 54.9 Å². The third kappa shape index (κ3) is 11.7. The first kappa shape index (κ1) is 49.6. The van der Waals surface area contributed by atoms with Crippen molar-refractivity contribution >= 4 is 42.8 Å². The van der Waals surface area contributed by atoms with E-state index in [0.29, 0.717) is 44.8 Å². The maximum atomic E-state index is 16.1. The molecule has 7 rings (SSSR count). The van der Waals surface area contributed by atoms with E-state index in [2.05, 4.69) is 20.6 Å². The van der Waals surface area contributed by atoms with Gasteiger partial charge in [0.1, 0.15) is 33.4 Å². The molecule has 69 heavy (non-hydrogen) atoms. The number of methoxy groups -OCH3 is 3. The number of fused-ring (bicyclic) bond motifs is 1. The summed E-state index contributed by atoms with van der Waals surface area (Å²) in [4.78, 5) is 28.9. The van der Waals surface area contributed by atoms with E-state index in [1.54, 1.807) is 120 Å². The molecule has 5 aromatic carbocycles. The van der Waals surface area contributed by atoms with Crippen LogP contribution in [0.2, 0.25) is 0 Å². The number of carbonyl (C=O) groups is 2. The minimum atomic E-state index is -4.98. The highest BCUT2D eigenvalue weighted by Gasteiger charge is 2.38. The van der Waals surface area contributed by atoms with Gasteiger partial charge < -0.3 is 34.0 Å². The fraction of sp³-hybridized carbons (Fsp3) is 0.286. The summed E-state index contributed by atoms with van der Waals surface area (Å²) in [6, 6.07) is 30.3. The molecular weight excluding hydrogens is 927 g/mol. The van der Waals surface area contributed by atoms with Crippen molar-refractivity contribution in [1.82, 2.24) is 34.8 Å². The molecule has 0 unspecified atom stereocenters. The van der Waals surface area contributed by atoms with Gasteiger partial charge in [-0.15, -0.1) is 10.2 Å². The van der Waals surface area contributed by atoms with Crippen LogP contribution in [0.3, 0.4) is 0 Å². The van der Waals surface area contributed by atoms with E-state index in [0.717, 1.165) is 5.56 Å². The molecule has 2 heterocycles. The summed E-state index contributed by atoms with van der Waals surface area (Å²) in [6.07, 6.45) is -0.856. The Kier molecular flexibility index (Phi) is 15.0. The van der Waals surface area contributed by atoms with Crippen molar-refractivity contribution in [3.63, 3.8) is 0 Å². The van der Waals surface area contributed by atoms with Crippen LogP contribution in [0, 0.1) is 0 Å². The zero-order chi connectivity index (χ0) is 49.5. The third-order valence-corrected chi connectivity index (χ3v) is 14.5. The molecule has 0 aliphatic carbocycles. The summed E-state index contributed by atoms with van der Waals surface area (Å²) in [5, 5.41) is 16.5. The maximum absolute atomic E-state index is 16.1. The number of H-pyrrole nitrogens is 1. The number of esters is 1. The van der Waals surface area contributed by atoms with Crippen LogP contribution in [0.15, 0.2) is 119 Å². The number of aromatic amines is 1. The predicted molar refractivity (Wildman–Crippen MR) is 257 cm³/mol. The molecule has 0 radical (unpaired) electrons. The van der Waals surface area contributed by atoms with E-state index in [9.17, 15) is 18.0 Å². The van der Waals surface area contributed by atoms with Crippen molar-refractivity contribution in [3.8, 4) is 39.8 Å². The number of ether oxygens (including phenoxy) is 5. The molecule has 0 fully saturated rings. The number of sulfonamides is 1. The highest BCUT2D eigenvalue weighted by molar-refractivity contribution is 7.93. The van der Waals surface area contributed by atoms with Crippen molar-refractivity contribution in [1.29, 1.82) is 0 Å². The molecule has 0 aliphatic rings. The molecule has 18 nitrogen and oxygen atoms in total. The molecule has 0 bridgehead atoms. The minimum Gasteiger partial charge on any atom is -0.497 e. The van der Waals surface area contributed by atoms with E-state index < -0.39 is 59.6 Å².